The molecule has 6 heteroatoms. The summed E-state index contributed by atoms with van der Waals surface area (Å²) in [6, 6.07) is 4.97. The van der Waals surface area contributed by atoms with Crippen LogP contribution in [0.4, 0.5) is 0 Å². The van der Waals surface area contributed by atoms with Gasteiger partial charge in [-0.15, -0.1) is 0 Å². The van der Waals surface area contributed by atoms with Gasteiger partial charge >= 0.3 is 0 Å². The summed E-state index contributed by atoms with van der Waals surface area (Å²) in [6.07, 6.45) is 0.805. The van der Waals surface area contributed by atoms with E-state index in [1.54, 1.807) is 28.0 Å². The van der Waals surface area contributed by atoms with Crippen molar-refractivity contribution in [1.29, 1.82) is 0 Å². The Kier molecular flexibility index (Phi) is 3.58. The third kappa shape index (κ3) is 2.74. The summed E-state index contributed by atoms with van der Waals surface area (Å²) in [4.78, 5) is 29.9. The van der Waals surface area contributed by atoms with Gasteiger partial charge < -0.3 is 9.80 Å². The van der Waals surface area contributed by atoms with Gasteiger partial charge in [0.25, 0.3) is 5.91 Å². The van der Waals surface area contributed by atoms with E-state index in [2.05, 4.69) is 4.98 Å². The summed E-state index contributed by atoms with van der Waals surface area (Å²) in [6.45, 7) is 2.20. The Morgan fingerprint density at radius 1 is 1.29 bits per heavy atom. The summed E-state index contributed by atoms with van der Waals surface area (Å²) in [5.41, 5.74) is 0.344. The average Bonchev–Trinajstić information content (AvgIpc) is 2.38. The Labute approximate surface area is 104 Å². The highest BCUT2D eigenvalue weighted by atomic mass is 35.5. The van der Waals surface area contributed by atoms with Crippen molar-refractivity contribution in [2.75, 3.05) is 26.2 Å². The van der Waals surface area contributed by atoms with E-state index in [-0.39, 0.29) is 5.91 Å². The summed E-state index contributed by atoms with van der Waals surface area (Å²) in [5.74, 6) is -0.141. The monoisotopic (exact) mass is 253 g/mol. The zero-order chi connectivity index (χ0) is 12.3. The van der Waals surface area contributed by atoms with E-state index in [0.717, 1.165) is 6.41 Å². The zero-order valence-electron chi connectivity index (χ0n) is 9.17. The maximum absolute atomic E-state index is 12.0. The number of piperazine rings is 1. The molecule has 0 bridgehead atoms. The van der Waals surface area contributed by atoms with Crippen molar-refractivity contribution >= 4 is 23.9 Å². The van der Waals surface area contributed by atoms with Gasteiger partial charge in [0.1, 0.15) is 10.8 Å². The van der Waals surface area contributed by atoms with Crippen molar-refractivity contribution in [3.05, 3.63) is 29.0 Å². The topological polar surface area (TPSA) is 53.5 Å². The number of nitrogens with zero attached hydrogens (tertiary/aromatic N) is 3. The molecule has 0 spiro atoms. The molecule has 0 atom stereocenters. The summed E-state index contributed by atoms with van der Waals surface area (Å²) in [7, 11) is 0. The van der Waals surface area contributed by atoms with Crippen molar-refractivity contribution in [2.45, 2.75) is 0 Å². The van der Waals surface area contributed by atoms with E-state index in [0.29, 0.717) is 37.0 Å². The Morgan fingerprint density at radius 3 is 2.59 bits per heavy atom. The quantitative estimate of drug-likeness (QED) is 0.574. The first-order valence-corrected chi connectivity index (χ1v) is 5.69. The van der Waals surface area contributed by atoms with Gasteiger partial charge in [0, 0.05) is 26.2 Å². The normalized spacial score (nSPS) is 15.8. The molecule has 17 heavy (non-hydrogen) atoms. The largest absolute Gasteiger partial charge is 0.342 e. The molecule has 1 aromatic heterocycles. The minimum atomic E-state index is -0.141. The van der Waals surface area contributed by atoms with Gasteiger partial charge in [0.15, 0.2) is 0 Å². The number of aromatic nitrogens is 1. The van der Waals surface area contributed by atoms with Crippen LogP contribution in [0.2, 0.25) is 5.15 Å². The van der Waals surface area contributed by atoms with Gasteiger partial charge in [-0.3, -0.25) is 9.59 Å². The van der Waals surface area contributed by atoms with Crippen LogP contribution in [-0.4, -0.2) is 53.3 Å². The number of carbonyl (C=O) groups is 2. The molecule has 2 heterocycles. The third-order valence-corrected chi connectivity index (χ3v) is 2.90. The maximum atomic E-state index is 12.0. The molecule has 0 N–H and O–H groups in total. The van der Waals surface area contributed by atoms with E-state index in [4.69, 9.17) is 11.6 Å². The molecule has 0 unspecified atom stereocenters. The Bertz CT molecular complexity index is 430. The van der Waals surface area contributed by atoms with Crippen molar-refractivity contribution in [1.82, 2.24) is 14.8 Å². The second kappa shape index (κ2) is 5.14. The molecular weight excluding hydrogens is 242 g/mol. The number of halogens is 1. The molecule has 5 nitrogen and oxygen atoms in total. The van der Waals surface area contributed by atoms with Crippen LogP contribution in [0.5, 0.6) is 0 Å². The van der Waals surface area contributed by atoms with Crippen LogP contribution in [-0.2, 0) is 4.79 Å². The van der Waals surface area contributed by atoms with E-state index < -0.39 is 0 Å². The summed E-state index contributed by atoms with van der Waals surface area (Å²) < 4.78 is 0. The maximum Gasteiger partial charge on any atom is 0.272 e. The number of pyridine rings is 1. The summed E-state index contributed by atoms with van der Waals surface area (Å²) in [5, 5.41) is 0.308. The van der Waals surface area contributed by atoms with Gasteiger partial charge in [-0.05, 0) is 12.1 Å². The first kappa shape index (κ1) is 11.9. The Hall–Kier alpha value is -1.62. The van der Waals surface area contributed by atoms with Crippen LogP contribution in [0.3, 0.4) is 0 Å². The second-order valence-electron chi connectivity index (χ2n) is 3.78. The minimum absolute atomic E-state index is 0.141. The highest BCUT2D eigenvalue weighted by molar-refractivity contribution is 6.29. The fourth-order valence-corrected chi connectivity index (χ4v) is 1.88. The first-order valence-electron chi connectivity index (χ1n) is 5.32. The first-order chi connectivity index (χ1) is 8.20. The van der Waals surface area contributed by atoms with E-state index in [1.807, 2.05) is 0 Å². The molecule has 2 rings (SSSR count). The zero-order valence-corrected chi connectivity index (χ0v) is 9.93. The van der Waals surface area contributed by atoms with Crippen molar-refractivity contribution < 1.29 is 9.59 Å². The lowest BCUT2D eigenvalue weighted by Crippen LogP contribution is -2.48. The molecule has 1 aliphatic rings. The highest BCUT2D eigenvalue weighted by Crippen LogP contribution is 2.09. The van der Waals surface area contributed by atoms with Crippen molar-refractivity contribution in [2.24, 2.45) is 0 Å². The van der Waals surface area contributed by atoms with E-state index in [9.17, 15) is 9.59 Å². The van der Waals surface area contributed by atoms with Crippen LogP contribution in [0, 0.1) is 0 Å². The lowest BCUT2D eigenvalue weighted by Gasteiger charge is -2.32. The molecule has 2 amide bonds. The fourth-order valence-electron chi connectivity index (χ4n) is 1.72. The second-order valence-corrected chi connectivity index (χ2v) is 4.17. The molecule has 0 saturated carbocycles. The smallest absolute Gasteiger partial charge is 0.272 e. The number of hydrogen-bond acceptors (Lipinski definition) is 3. The SMILES string of the molecule is O=CN1CCN(C(=O)c2cccc(Cl)n2)CC1. The molecule has 1 aliphatic heterocycles. The molecular formula is C11H12ClN3O2. The number of carbonyl (C=O) groups excluding carboxylic acids is 2. The molecule has 1 fully saturated rings. The van der Waals surface area contributed by atoms with Crippen LogP contribution in [0.15, 0.2) is 18.2 Å². The van der Waals surface area contributed by atoms with Crippen LogP contribution < -0.4 is 0 Å². The standard InChI is InChI=1S/C11H12ClN3O2/c12-10-3-1-2-9(13-10)11(17)15-6-4-14(8-16)5-7-15/h1-3,8H,4-7H2. The number of hydrogen-bond donors (Lipinski definition) is 0. The molecule has 1 aromatic rings. The summed E-state index contributed by atoms with van der Waals surface area (Å²) >= 11 is 5.74. The lowest BCUT2D eigenvalue weighted by molar-refractivity contribution is -0.119. The molecule has 0 aliphatic carbocycles. The van der Waals surface area contributed by atoms with Gasteiger partial charge in [-0.1, -0.05) is 17.7 Å². The van der Waals surface area contributed by atoms with Crippen molar-refractivity contribution in [3.8, 4) is 0 Å². The van der Waals surface area contributed by atoms with Gasteiger partial charge in [-0.25, -0.2) is 4.98 Å². The number of amides is 2. The predicted molar refractivity (Wildman–Crippen MR) is 62.8 cm³/mol. The molecule has 0 aromatic carbocycles. The van der Waals surface area contributed by atoms with Gasteiger partial charge in [-0.2, -0.15) is 0 Å². The van der Waals surface area contributed by atoms with Crippen LogP contribution >= 0.6 is 11.6 Å². The van der Waals surface area contributed by atoms with E-state index >= 15 is 0 Å². The fraction of sp³-hybridized carbons (Fsp3) is 0.364. The minimum Gasteiger partial charge on any atom is -0.342 e. The van der Waals surface area contributed by atoms with Gasteiger partial charge in [0.2, 0.25) is 6.41 Å². The predicted octanol–water partition coefficient (Wildman–Crippen LogP) is 0.649. The van der Waals surface area contributed by atoms with Crippen LogP contribution in [0.25, 0.3) is 0 Å². The molecule has 90 valence electrons. The van der Waals surface area contributed by atoms with Crippen LogP contribution in [0.1, 0.15) is 10.5 Å². The number of rotatable bonds is 2. The Morgan fingerprint density at radius 2 is 2.00 bits per heavy atom. The molecule has 1 saturated heterocycles. The van der Waals surface area contributed by atoms with E-state index in [1.165, 1.54) is 0 Å². The highest BCUT2D eigenvalue weighted by Gasteiger charge is 2.22. The van der Waals surface area contributed by atoms with Crippen molar-refractivity contribution in [3.63, 3.8) is 0 Å². The van der Waals surface area contributed by atoms with Gasteiger partial charge in [0.05, 0.1) is 0 Å². The lowest BCUT2D eigenvalue weighted by atomic mass is 10.2. The average molecular weight is 254 g/mol. The Balaban J connectivity index is 2.04. The molecule has 0 radical (unpaired) electrons. The third-order valence-electron chi connectivity index (χ3n) is 2.68.